The third-order valence-electron chi connectivity index (χ3n) is 2.71. The number of hydrogen-bond donors (Lipinski definition) is 3. The number of carboxylic acid groups (broad SMARTS) is 2. The molecule has 0 heterocycles. The number of benzene rings is 2. The average Bonchev–Trinajstić information content (AvgIpc) is 2.35. The minimum Gasteiger partial charge on any atom is -1.00 e. The van der Waals surface area contributed by atoms with E-state index in [0.717, 1.165) is 18.2 Å². The minimum absolute atomic E-state index is 0. The summed E-state index contributed by atoms with van der Waals surface area (Å²) in [6.07, 6.45) is 0. The largest absolute Gasteiger partial charge is 1.00 e. The van der Waals surface area contributed by atoms with Gasteiger partial charge in [0.2, 0.25) is 0 Å². The first-order chi connectivity index (χ1) is 9.21. The van der Waals surface area contributed by atoms with Crippen molar-refractivity contribution in [2.75, 3.05) is 0 Å². The van der Waals surface area contributed by atoms with E-state index in [1.165, 1.54) is 12.1 Å². The fourth-order valence-electron chi connectivity index (χ4n) is 1.88. The van der Waals surface area contributed by atoms with E-state index in [0.29, 0.717) is 0 Å². The van der Waals surface area contributed by atoms with Crippen molar-refractivity contribution < 1.29 is 63.8 Å². The second-order valence-corrected chi connectivity index (χ2v) is 5.32. The Morgan fingerprint density at radius 2 is 1.62 bits per heavy atom. The minimum atomic E-state index is -4.77. The van der Waals surface area contributed by atoms with Crippen molar-refractivity contribution in [1.29, 1.82) is 0 Å². The van der Waals surface area contributed by atoms with Gasteiger partial charge in [-0.15, -0.1) is 0 Å². The van der Waals surface area contributed by atoms with Crippen LogP contribution in [0.1, 0.15) is 22.1 Å². The van der Waals surface area contributed by atoms with Crippen LogP contribution >= 0.6 is 0 Å². The van der Waals surface area contributed by atoms with E-state index < -0.39 is 32.5 Å². The van der Waals surface area contributed by atoms with Gasteiger partial charge in [0, 0.05) is 5.39 Å². The molecule has 7 nitrogen and oxygen atoms in total. The average molecular weight is 320 g/mol. The maximum atomic E-state index is 11.4. The smallest absolute Gasteiger partial charge is 1.00 e. The molecule has 0 bridgehead atoms. The zero-order valence-electron chi connectivity index (χ0n) is 11.8. The number of rotatable bonds is 3. The quantitative estimate of drug-likeness (QED) is 0.468. The molecule has 0 atom stereocenters. The normalized spacial score (nSPS) is 10.9. The molecule has 0 amide bonds. The van der Waals surface area contributed by atoms with Crippen LogP contribution in [0.2, 0.25) is 0 Å². The Kier molecular flexibility index (Phi) is 5.13. The second-order valence-electron chi connectivity index (χ2n) is 3.96. The summed E-state index contributed by atoms with van der Waals surface area (Å²) in [6, 6.07) is 5.75. The van der Waals surface area contributed by atoms with Gasteiger partial charge in [0.05, 0.1) is 11.1 Å². The Balaban J connectivity index is 0.00000220. The van der Waals surface area contributed by atoms with E-state index in [2.05, 4.69) is 0 Å². The molecule has 0 aromatic heterocycles. The second kappa shape index (κ2) is 6.12. The molecule has 2 aromatic carbocycles. The molecule has 0 aliphatic rings. The molecule has 2 aromatic rings. The Morgan fingerprint density at radius 3 is 2.10 bits per heavy atom. The number of hydrogen-bond acceptors (Lipinski definition) is 4. The molecule has 2 rings (SSSR count). The topological polar surface area (TPSA) is 129 Å². The third kappa shape index (κ3) is 3.42. The maximum Gasteiger partial charge on any atom is 1.00 e. The van der Waals surface area contributed by atoms with Gasteiger partial charge in [0.1, 0.15) is 4.90 Å². The first-order valence-electron chi connectivity index (χ1n) is 5.22. The molecular formula is C12H9NaO7S. The predicted molar refractivity (Wildman–Crippen MR) is 68.8 cm³/mol. The summed E-state index contributed by atoms with van der Waals surface area (Å²) in [5.41, 5.74) is -0.662. The van der Waals surface area contributed by atoms with Crippen molar-refractivity contribution in [3.8, 4) is 0 Å². The van der Waals surface area contributed by atoms with Gasteiger partial charge in [0.25, 0.3) is 10.1 Å². The SMILES string of the molecule is O=C(O)c1ccc2c(S(=O)(=O)O)c(C(=O)O)ccc2c1.[H-].[Na+]. The van der Waals surface area contributed by atoms with Crippen molar-refractivity contribution >= 4 is 32.8 Å². The summed E-state index contributed by atoms with van der Waals surface area (Å²) in [5.74, 6) is -2.72. The van der Waals surface area contributed by atoms with Gasteiger partial charge >= 0.3 is 41.5 Å². The maximum absolute atomic E-state index is 11.4. The molecule has 9 heteroatoms. The van der Waals surface area contributed by atoms with Gasteiger partial charge in [-0.25, -0.2) is 9.59 Å². The summed E-state index contributed by atoms with van der Waals surface area (Å²) in [7, 11) is -4.77. The van der Waals surface area contributed by atoms with E-state index in [1.807, 2.05) is 0 Å². The molecule has 21 heavy (non-hydrogen) atoms. The molecule has 0 unspecified atom stereocenters. The molecule has 0 fully saturated rings. The molecule has 0 aliphatic carbocycles. The van der Waals surface area contributed by atoms with Crippen LogP contribution in [0.3, 0.4) is 0 Å². The Hall–Kier alpha value is -1.45. The standard InChI is InChI=1S/C12H8O7S.Na.H/c13-11(14)7-2-3-8-6(5-7)1-4-9(12(15)16)10(8)20(17,18)19;;/h1-5H,(H,13,14)(H,15,16)(H,17,18,19);;/q;+1;-1. The monoisotopic (exact) mass is 320 g/mol. The molecule has 3 N–H and O–H groups in total. The fraction of sp³-hybridized carbons (Fsp3) is 0. The number of carboxylic acids is 2. The van der Waals surface area contributed by atoms with Crippen molar-refractivity contribution in [1.82, 2.24) is 0 Å². The van der Waals surface area contributed by atoms with Crippen molar-refractivity contribution in [3.63, 3.8) is 0 Å². The van der Waals surface area contributed by atoms with E-state index in [4.69, 9.17) is 10.2 Å². The summed E-state index contributed by atoms with van der Waals surface area (Å²) in [4.78, 5) is 21.1. The molecule has 0 spiro atoms. The fourth-order valence-corrected chi connectivity index (χ4v) is 2.78. The number of carbonyl (C=O) groups is 2. The van der Waals surface area contributed by atoms with Gasteiger partial charge in [-0.1, -0.05) is 12.1 Å². The van der Waals surface area contributed by atoms with Crippen LogP contribution in [0.15, 0.2) is 35.2 Å². The van der Waals surface area contributed by atoms with Crippen LogP contribution in [0.5, 0.6) is 0 Å². The van der Waals surface area contributed by atoms with Gasteiger partial charge < -0.3 is 11.6 Å². The molecular weight excluding hydrogens is 311 g/mol. The van der Waals surface area contributed by atoms with Crippen molar-refractivity contribution in [2.24, 2.45) is 0 Å². The summed E-state index contributed by atoms with van der Waals surface area (Å²) in [6.45, 7) is 0. The summed E-state index contributed by atoms with van der Waals surface area (Å²) >= 11 is 0. The predicted octanol–water partition coefficient (Wildman–Crippen LogP) is -1.40. The van der Waals surface area contributed by atoms with Crippen LogP contribution < -0.4 is 29.6 Å². The van der Waals surface area contributed by atoms with Gasteiger partial charge in [-0.3, -0.25) is 4.55 Å². The van der Waals surface area contributed by atoms with Gasteiger partial charge in [-0.05, 0) is 23.6 Å². The molecule has 0 radical (unpaired) electrons. The van der Waals surface area contributed by atoms with Crippen LogP contribution in [-0.4, -0.2) is 35.1 Å². The molecule has 106 valence electrons. The van der Waals surface area contributed by atoms with E-state index >= 15 is 0 Å². The van der Waals surface area contributed by atoms with E-state index in [-0.39, 0.29) is 47.3 Å². The van der Waals surface area contributed by atoms with Gasteiger partial charge in [-0.2, -0.15) is 8.42 Å². The zero-order chi connectivity index (χ0) is 15.1. The first-order valence-corrected chi connectivity index (χ1v) is 6.66. The van der Waals surface area contributed by atoms with Gasteiger partial charge in [0.15, 0.2) is 0 Å². The van der Waals surface area contributed by atoms with Crippen LogP contribution in [0.4, 0.5) is 0 Å². The Bertz CT molecular complexity index is 848. The third-order valence-corrected chi connectivity index (χ3v) is 3.66. The van der Waals surface area contributed by atoms with Crippen molar-refractivity contribution in [2.45, 2.75) is 4.90 Å². The summed E-state index contributed by atoms with van der Waals surface area (Å²) < 4.78 is 31.9. The summed E-state index contributed by atoms with van der Waals surface area (Å²) in [5, 5.41) is 18.0. The molecule has 0 saturated carbocycles. The first kappa shape index (κ1) is 17.6. The Labute approximate surface area is 142 Å². The van der Waals surface area contributed by atoms with E-state index in [9.17, 15) is 22.6 Å². The zero-order valence-corrected chi connectivity index (χ0v) is 13.6. The number of aromatic carboxylic acids is 2. The molecule has 0 aliphatic heterocycles. The van der Waals surface area contributed by atoms with Crippen LogP contribution in [0, 0.1) is 0 Å². The van der Waals surface area contributed by atoms with Crippen molar-refractivity contribution in [3.05, 3.63) is 41.5 Å². The van der Waals surface area contributed by atoms with E-state index in [1.54, 1.807) is 0 Å². The van der Waals surface area contributed by atoms with Crippen LogP contribution in [0.25, 0.3) is 10.8 Å². The van der Waals surface area contributed by atoms with Crippen LogP contribution in [-0.2, 0) is 10.1 Å². The number of fused-ring (bicyclic) bond motifs is 1. The molecule has 0 saturated heterocycles. The Morgan fingerprint density at radius 1 is 1.00 bits per heavy atom.